The fraction of sp³-hybridized carbons (Fsp3) is 0.583. The highest BCUT2D eigenvalue weighted by atomic mass is 32.1. The van der Waals surface area contributed by atoms with Gasteiger partial charge in [-0.2, -0.15) is 0 Å². The third-order valence-electron chi connectivity index (χ3n) is 2.82. The van der Waals surface area contributed by atoms with Gasteiger partial charge < -0.3 is 5.32 Å². The van der Waals surface area contributed by atoms with Crippen LogP contribution in [-0.4, -0.2) is 11.0 Å². The second-order valence-electron chi connectivity index (χ2n) is 4.03. The lowest BCUT2D eigenvalue weighted by Gasteiger charge is -2.19. The molecule has 2 nitrogen and oxygen atoms in total. The normalized spacial score (nSPS) is 14.9. The van der Waals surface area contributed by atoms with Crippen molar-refractivity contribution >= 4 is 11.3 Å². The molecule has 3 heteroatoms. The second-order valence-corrected chi connectivity index (χ2v) is 4.97. The van der Waals surface area contributed by atoms with Crippen LogP contribution in [0.25, 0.3) is 0 Å². The lowest BCUT2D eigenvalue weighted by atomic mass is 10.00. The highest BCUT2D eigenvalue weighted by molar-refractivity contribution is 7.09. The Bertz CT molecular complexity index is 306. The van der Waals surface area contributed by atoms with Crippen LogP contribution in [0.1, 0.15) is 30.8 Å². The lowest BCUT2D eigenvalue weighted by Crippen LogP contribution is -2.31. The summed E-state index contributed by atoms with van der Waals surface area (Å²) in [6.07, 6.45) is 3.05. The summed E-state index contributed by atoms with van der Waals surface area (Å²) in [4.78, 5) is 5.58. The van der Waals surface area contributed by atoms with E-state index in [1.165, 1.54) is 4.88 Å². The van der Waals surface area contributed by atoms with Gasteiger partial charge >= 0.3 is 0 Å². The molecule has 2 unspecified atom stereocenters. The van der Waals surface area contributed by atoms with E-state index in [4.69, 9.17) is 0 Å². The Morgan fingerprint density at radius 2 is 2.33 bits per heavy atom. The first kappa shape index (κ1) is 12.4. The Morgan fingerprint density at radius 3 is 2.87 bits per heavy atom. The fourth-order valence-electron chi connectivity index (χ4n) is 1.42. The summed E-state index contributed by atoms with van der Waals surface area (Å²) >= 11 is 1.72. The van der Waals surface area contributed by atoms with Crippen LogP contribution in [0, 0.1) is 12.8 Å². The van der Waals surface area contributed by atoms with E-state index in [1.807, 2.05) is 11.6 Å². The number of aryl methyl sites for hydroxylation is 1. The van der Waals surface area contributed by atoms with Gasteiger partial charge in [0.2, 0.25) is 0 Å². The zero-order valence-corrected chi connectivity index (χ0v) is 10.6. The van der Waals surface area contributed by atoms with Gasteiger partial charge in [0.25, 0.3) is 0 Å². The molecule has 0 radical (unpaired) electrons. The van der Waals surface area contributed by atoms with E-state index in [1.54, 1.807) is 11.3 Å². The molecule has 0 aliphatic rings. The Labute approximate surface area is 96.4 Å². The Hall–Kier alpha value is -0.670. The highest BCUT2D eigenvalue weighted by Gasteiger charge is 2.10. The van der Waals surface area contributed by atoms with Crippen LogP contribution >= 0.6 is 11.3 Å². The molecule has 15 heavy (non-hydrogen) atoms. The molecule has 1 aromatic heterocycles. The molecule has 0 aliphatic carbocycles. The van der Waals surface area contributed by atoms with Crippen LogP contribution in [0.5, 0.6) is 0 Å². The minimum Gasteiger partial charge on any atom is -0.309 e. The van der Waals surface area contributed by atoms with E-state index in [0.717, 1.165) is 18.7 Å². The van der Waals surface area contributed by atoms with E-state index in [-0.39, 0.29) is 0 Å². The summed E-state index contributed by atoms with van der Waals surface area (Å²) < 4.78 is 0. The van der Waals surface area contributed by atoms with Crippen LogP contribution in [-0.2, 0) is 6.54 Å². The third-order valence-corrected chi connectivity index (χ3v) is 3.76. The van der Waals surface area contributed by atoms with Gasteiger partial charge in [-0.05, 0) is 26.2 Å². The minimum absolute atomic E-state index is 0.518. The van der Waals surface area contributed by atoms with E-state index < -0.39 is 0 Å². The SMILES string of the molecule is C=CCC(C)C(C)NCc1scnc1C. The van der Waals surface area contributed by atoms with Gasteiger partial charge in [-0.1, -0.05) is 13.0 Å². The molecule has 0 amide bonds. The quantitative estimate of drug-likeness (QED) is 0.751. The summed E-state index contributed by atoms with van der Waals surface area (Å²) in [7, 11) is 0. The molecule has 1 N–H and O–H groups in total. The van der Waals surface area contributed by atoms with E-state index >= 15 is 0 Å². The van der Waals surface area contributed by atoms with Crippen molar-refractivity contribution < 1.29 is 0 Å². The summed E-state index contributed by atoms with van der Waals surface area (Å²) in [5, 5.41) is 3.53. The van der Waals surface area contributed by atoms with Crippen molar-refractivity contribution in [3.05, 3.63) is 28.7 Å². The first-order valence-electron chi connectivity index (χ1n) is 5.38. The Morgan fingerprint density at radius 1 is 1.60 bits per heavy atom. The summed E-state index contributed by atoms with van der Waals surface area (Å²) in [6, 6.07) is 0.518. The first-order chi connectivity index (χ1) is 7.15. The molecule has 0 aliphatic heterocycles. The number of hydrogen-bond acceptors (Lipinski definition) is 3. The van der Waals surface area contributed by atoms with Gasteiger partial charge in [-0.3, -0.25) is 0 Å². The molecule has 1 aromatic rings. The Balaban J connectivity index is 2.37. The van der Waals surface area contributed by atoms with Crippen molar-refractivity contribution in [1.82, 2.24) is 10.3 Å². The average Bonchev–Trinajstić information content (AvgIpc) is 2.61. The molecule has 0 bridgehead atoms. The van der Waals surface area contributed by atoms with Crippen LogP contribution in [0.15, 0.2) is 18.2 Å². The predicted octanol–water partition coefficient (Wildman–Crippen LogP) is 3.14. The molecule has 0 spiro atoms. The third kappa shape index (κ3) is 3.76. The van der Waals surface area contributed by atoms with Crippen LogP contribution in [0.4, 0.5) is 0 Å². The molecule has 0 saturated heterocycles. The van der Waals surface area contributed by atoms with E-state index in [2.05, 4.69) is 37.7 Å². The van der Waals surface area contributed by atoms with E-state index in [0.29, 0.717) is 12.0 Å². The summed E-state index contributed by atoms with van der Waals surface area (Å²) in [6.45, 7) is 11.2. The van der Waals surface area contributed by atoms with Crippen LogP contribution < -0.4 is 5.32 Å². The molecule has 0 saturated carbocycles. The zero-order valence-electron chi connectivity index (χ0n) is 9.79. The summed E-state index contributed by atoms with van der Waals surface area (Å²) in [5.74, 6) is 0.635. The smallest absolute Gasteiger partial charge is 0.0798 e. The summed E-state index contributed by atoms with van der Waals surface area (Å²) in [5.41, 5.74) is 3.06. The topological polar surface area (TPSA) is 24.9 Å². The van der Waals surface area contributed by atoms with Gasteiger partial charge in [-0.25, -0.2) is 4.98 Å². The van der Waals surface area contributed by atoms with Crippen LogP contribution in [0.2, 0.25) is 0 Å². The lowest BCUT2D eigenvalue weighted by molar-refractivity contribution is 0.403. The van der Waals surface area contributed by atoms with Gasteiger partial charge in [0.15, 0.2) is 0 Å². The monoisotopic (exact) mass is 224 g/mol. The van der Waals surface area contributed by atoms with Gasteiger partial charge in [-0.15, -0.1) is 17.9 Å². The van der Waals surface area contributed by atoms with Crippen molar-refractivity contribution in [3.8, 4) is 0 Å². The molecule has 2 atom stereocenters. The number of hydrogen-bond donors (Lipinski definition) is 1. The first-order valence-corrected chi connectivity index (χ1v) is 6.26. The fourth-order valence-corrected chi connectivity index (χ4v) is 2.15. The largest absolute Gasteiger partial charge is 0.309 e. The van der Waals surface area contributed by atoms with Gasteiger partial charge in [0.1, 0.15) is 0 Å². The second kappa shape index (κ2) is 6.03. The van der Waals surface area contributed by atoms with Crippen molar-refractivity contribution in [2.45, 2.75) is 39.8 Å². The number of rotatable bonds is 6. The maximum atomic E-state index is 4.24. The highest BCUT2D eigenvalue weighted by Crippen LogP contribution is 2.13. The van der Waals surface area contributed by atoms with Gasteiger partial charge in [0, 0.05) is 17.5 Å². The molecule has 1 heterocycles. The number of allylic oxidation sites excluding steroid dienone is 1. The van der Waals surface area contributed by atoms with Crippen LogP contribution in [0.3, 0.4) is 0 Å². The van der Waals surface area contributed by atoms with Crippen molar-refractivity contribution in [3.63, 3.8) is 0 Å². The van der Waals surface area contributed by atoms with Crippen molar-refractivity contribution in [1.29, 1.82) is 0 Å². The number of nitrogens with one attached hydrogen (secondary N) is 1. The Kier molecular flexibility index (Phi) is 4.99. The molecular formula is C12H20N2S. The van der Waals surface area contributed by atoms with Crippen molar-refractivity contribution in [2.75, 3.05) is 0 Å². The molecule has 84 valence electrons. The molecular weight excluding hydrogens is 204 g/mol. The van der Waals surface area contributed by atoms with E-state index in [9.17, 15) is 0 Å². The standard InChI is InChI=1S/C12H20N2S/c1-5-6-9(2)10(3)13-7-12-11(4)14-8-15-12/h5,8-10,13H,1,6-7H2,2-4H3. The average molecular weight is 224 g/mol. The zero-order chi connectivity index (χ0) is 11.3. The molecule has 1 rings (SSSR count). The number of thiazole rings is 1. The number of aromatic nitrogens is 1. The van der Waals surface area contributed by atoms with Gasteiger partial charge in [0.05, 0.1) is 11.2 Å². The molecule has 0 fully saturated rings. The number of nitrogens with zero attached hydrogens (tertiary/aromatic N) is 1. The maximum Gasteiger partial charge on any atom is 0.0798 e. The van der Waals surface area contributed by atoms with Crippen molar-refractivity contribution in [2.24, 2.45) is 5.92 Å². The maximum absolute atomic E-state index is 4.24. The predicted molar refractivity (Wildman–Crippen MR) is 67.1 cm³/mol. The molecule has 0 aromatic carbocycles. The minimum atomic E-state index is 0.518.